The SMILES string of the molecule is CN(c1ccccc1C(=O)N1CCOCC1)S(=O)(=O)c1ccccc1. The molecule has 0 radical (unpaired) electrons. The van der Waals surface area contributed by atoms with Crippen molar-refractivity contribution in [1.29, 1.82) is 0 Å². The molecule has 2 aromatic rings. The number of hydrogen-bond acceptors (Lipinski definition) is 4. The first-order chi connectivity index (χ1) is 12.0. The minimum absolute atomic E-state index is 0.186. The molecule has 1 aliphatic rings. The van der Waals surface area contributed by atoms with Crippen molar-refractivity contribution < 1.29 is 17.9 Å². The van der Waals surface area contributed by atoms with Gasteiger partial charge in [0, 0.05) is 20.1 Å². The molecule has 0 N–H and O–H groups in total. The third-order valence-corrected chi connectivity index (χ3v) is 5.96. The molecule has 1 fully saturated rings. The van der Waals surface area contributed by atoms with Gasteiger partial charge in [0.2, 0.25) is 0 Å². The zero-order chi connectivity index (χ0) is 17.9. The van der Waals surface area contributed by atoms with Crippen molar-refractivity contribution in [3.8, 4) is 0 Å². The summed E-state index contributed by atoms with van der Waals surface area (Å²) < 4.78 is 32.2. The van der Waals surface area contributed by atoms with Crippen LogP contribution in [0.4, 0.5) is 5.69 Å². The Balaban J connectivity index is 1.96. The summed E-state index contributed by atoms with van der Waals surface area (Å²) in [6.07, 6.45) is 0. The first kappa shape index (κ1) is 17.4. The van der Waals surface area contributed by atoms with Gasteiger partial charge in [0.05, 0.1) is 29.4 Å². The Labute approximate surface area is 147 Å². The third kappa shape index (κ3) is 3.52. The smallest absolute Gasteiger partial charge is 0.264 e. The van der Waals surface area contributed by atoms with E-state index in [0.29, 0.717) is 37.6 Å². The number of carbonyl (C=O) groups excluding carboxylic acids is 1. The lowest BCUT2D eigenvalue weighted by Gasteiger charge is -2.29. The first-order valence-electron chi connectivity index (χ1n) is 8.02. The average molecular weight is 360 g/mol. The topological polar surface area (TPSA) is 66.9 Å². The number of morpholine rings is 1. The van der Waals surface area contributed by atoms with Gasteiger partial charge in [0.1, 0.15) is 0 Å². The lowest BCUT2D eigenvalue weighted by molar-refractivity contribution is 0.0303. The molecule has 1 saturated heterocycles. The van der Waals surface area contributed by atoms with Crippen LogP contribution < -0.4 is 4.31 Å². The Kier molecular flexibility index (Phi) is 5.06. The Morgan fingerprint density at radius 3 is 2.28 bits per heavy atom. The maximum atomic E-state index is 12.9. The Morgan fingerprint density at radius 1 is 1.00 bits per heavy atom. The molecule has 2 aromatic carbocycles. The highest BCUT2D eigenvalue weighted by molar-refractivity contribution is 7.92. The highest BCUT2D eigenvalue weighted by Crippen LogP contribution is 2.26. The Bertz CT molecular complexity index is 846. The van der Waals surface area contributed by atoms with Crippen molar-refractivity contribution in [3.05, 3.63) is 60.2 Å². The van der Waals surface area contributed by atoms with Gasteiger partial charge in [0.25, 0.3) is 15.9 Å². The molecule has 132 valence electrons. The van der Waals surface area contributed by atoms with Gasteiger partial charge in [0.15, 0.2) is 0 Å². The van der Waals surface area contributed by atoms with E-state index < -0.39 is 10.0 Å². The standard InChI is InChI=1S/C18H20N2O4S/c1-19(25(22,23)15-7-3-2-4-8-15)17-10-6-5-9-16(17)18(21)20-11-13-24-14-12-20/h2-10H,11-14H2,1H3. The zero-order valence-corrected chi connectivity index (χ0v) is 14.8. The van der Waals surface area contributed by atoms with E-state index in [1.54, 1.807) is 47.4 Å². The van der Waals surface area contributed by atoms with E-state index in [0.717, 1.165) is 4.31 Å². The van der Waals surface area contributed by atoms with Crippen molar-refractivity contribution in [2.75, 3.05) is 37.7 Å². The number of sulfonamides is 1. The van der Waals surface area contributed by atoms with Gasteiger partial charge in [-0.25, -0.2) is 8.42 Å². The van der Waals surface area contributed by atoms with E-state index in [1.807, 2.05) is 0 Å². The van der Waals surface area contributed by atoms with Crippen LogP contribution in [0.5, 0.6) is 0 Å². The molecule has 7 heteroatoms. The summed E-state index contributed by atoms with van der Waals surface area (Å²) in [4.78, 5) is 14.7. The molecule has 3 rings (SSSR count). The summed E-state index contributed by atoms with van der Waals surface area (Å²) in [7, 11) is -2.27. The first-order valence-corrected chi connectivity index (χ1v) is 9.46. The van der Waals surface area contributed by atoms with E-state index in [1.165, 1.54) is 19.2 Å². The zero-order valence-electron chi connectivity index (χ0n) is 14.0. The average Bonchev–Trinajstić information content (AvgIpc) is 2.68. The molecule has 0 saturated carbocycles. The number of rotatable bonds is 4. The van der Waals surface area contributed by atoms with Crippen LogP contribution in [0.1, 0.15) is 10.4 Å². The predicted octanol–water partition coefficient (Wildman–Crippen LogP) is 1.98. The second-order valence-electron chi connectivity index (χ2n) is 5.71. The third-order valence-electron chi connectivity index (χ3n) is 4.17. The van der Waals surface area contributed by atoms with Crippen LogP contribution in [0, 0.1) is 0 Å². The Morgan fingerprint density at radius 2 is 1.60 bits per heavy atom. The Hall–Kier alpha value is -2.38. The summed E-state index contributed by atoms with van der Waals surface area (Å²) in [5.41, 5.74) is 0.731. The fourth-order valence-electron chi connectivity index (χ4n) is 2.75. The molecule has 0 aliphatic carbocycles. The van der Waals surface area contributed by atoms with Crippen LogP contribution in [-0.4, -0.2) is 52.6 Å². The van der Waals surface area contributed by atoms with Gasteiger partial charge in [-0.05, 0) is 24.3 Å². The fourth-order valence-corrected chi connectivity index (χ4v) is 3.98. The van der Waals surface area contributed by atoms with Crippen LogP contribution in [0.25, 0.3) is 0 Å². The number of anilines is 1. The van der Waals surface area contributed by atoms with Gasteiger partial charge < -0.3 is 9.64 Å². The summed E-state index contributed by atoms with van der Waals surface area (Å²) >= 11 is 0. The molecule has 1 heterocycles. The van der Waals surface area contributed by atoms with Crippen molar-refractivity contribution in [2.45, 2.75) is 4.90 Å². The van der Waals surface area contributed by atoms with Gasteiger partial charge in [-0.3, -0.25) is 9.10 Å². The van der Waals surface area contributed by atoms with Crippen molar-refractivity contribution >= 4 is 21.6 Å². The van der Waals surface area contributed by atoms with Crippen molar-refractivity contribution in [3.63, 3.8) is 0 Å². The number of carbonyl (C=O) groups is 1. The molecular weight excluding hydrogens is 340 g/mol. The van der Waals surface area contributed by atoms with E-state index in [4.69, 9.17) is 4.74 Å². The van der Waals surface area contributed by atoms with Crippen LogP contribution in [0.2, 0.25) is 0 Å². The number of amides is 1. The molecule has 1 aliphatic heterocycles. The second kappa shape index (κ2) is 7.25. The summed E-state index contributed by atoms with van der Waals surface area (Å²) in [6, 6.07) is 14.9. The summed E-state index contributed by atoms with van der Waals surface area (Å²) in [5.74, 6) is -0.186. The van der Waals surface area contributed by atoms with E-state index >= 15 is 0 Å². The minimum Gasteiger partial charge on any atom is -0.378 e. The van der Waals surface area contributed by atoms with Crippen LogP contribution in [0.3, 0.4) is 0 Å². The molecule has 0 atom stereocenters. The lowest BCUT2D eigenvalue weighted by atomic mass is 10.1. The van der Waals surface area contributed by atoms with Crippen LogP contribution in [0.15, 0.2) is 59.5 Å². The maximum absolute atomic E-state index is 12.9. The second-order valence-corrected chi connectivity index (χ2v) is 7.68. The van der Waals surface area contributed by atoms with E-state index in [2.05, 4.69) is 0 Å². The van der Waals surface area contributed by atoms with Gasteiger partial charge in [-0.1, -0.05) is 30.3 Å². The molecule has 0 aromatic heterocycles. The monoisotopic (exact) mass is 360 g/mol. The highest BCUT2D eigenvalue weighted by Gasteiger charge is 2.27. The highest BCUT2D eigenvalue weighted by atomic mass is 32.2. The molecule has 25 heavy (non-hydrogen) atoms. The van der Waals surface area contributed by atoms with Gasteiger partial charge in [-0.2, -0.15) is 0 Å². The molecule has 6 nitrogen and oxygen atoms in total. The van der Waals surface area contributed by atoms with Crippen molar-refractivity contribution in [2.24, 2.45) is 0 Å². The minimum atomic E-state index is -3.74. The quantitative estimate of drug-likeness (QED) is 0.836. The molecule has 0 unspecified atom stereocenters. The lowest BCUT2D eigenvalue weighted by Crippen LogP contribution is -2.41. The molecular formula is C18H20N2O4S. The van der Waals surface area contributed by atoms with Crippen molar-refractivity contribution in [1.82, 2.24) is 4.90 Å². The molecule has 1 amide bonds. The number of para-hydroxylation sites is 1. The normalized spacial score (nSPS) is 15.0. The van der Waals surface area contributed by atoms with Crippen LogP contribution in [-0.2, 0) is 14.8 Å². The molecule has 0 spiro atoms. The number of benzene rings is 2. The maximum Gasteiger partial charge on any atom is 0.264 e. The van der Waals surface area contributed by atoms with E-state index in [9.17, 15) is 13.2 Å². The van der Waals surface area contributed by atoms with Crippen LogP contribution >= 0.6 is 0 Å². The summed E-state index contributed by atoms with van der Waals surface area (Å²) in [5, 5.41) is 0. The summed E-state index contributed by atoms with van der Waals surface area (Å²) in [6.45, 7) is 1.99. The number of ether oxygens (including phenoxy) is 1. The largest absolute Gasteiger partial charge is 0.378 e. The molecule has 0 bridgehead atoms. The predicted molar refractivity (Wildman–Crippen MR) is 95.2 cm³/mol. The fraction of sp³-hybridized carbons (Fsp3) is 0.278. The van der Waals surface area contributed by atoms with Gasteiger partial charge >= 0.3 is 0 Å². The van der Waals surface area contributed by atoms with Gasteiger partial charge in [-0.15, -0.1) is 0 Å². The van der Waals surface area contributed by atoms with E-state index in [-0.39, 0.29) is 10.8 Å². The number of nitrogens with zero attached hydrogens (tertiary/aromatic N) is 2. The number of hydrogen-bond donors (Lipinski definition) is 0.